The Morgan fingerprint density at radius 2 is 2.00 bits per heavy atom. The zero-order valence-electron chi connectivity index (χ0n) is 14.1. The molecular formula is C18H21N5O. The van der Waals surface area contributed by atoms with Crippen molar-refractivity contribution < 1.29 is 0 Å². The molecule has 3 aromatic rings. The molecule has 1 aromatic carbocycles. The van der Waals surface area contributed by atoms with Crippen LogP contribution in [0, 0.1) is 6.92 Å². The highest BCUT2D eigenvalue weighted by Crippen LogP contribution is 2.21. The Bertz CT molecular complexity index is 882. The lowest BCUT2D eigenvalue weighted by molar-refractivity contribution is 0.763. The van der Waals surface area contributed by atoms with Crippen molar-refractivity contribution >= 4 is 5.82 Å². The van der Waals surface area contributed by atoms with E-state index in [1.54, 1.807) is 4.68 Å². The molecular weight excluding hydrogens is 302 g/mol. The molecule has 0 aliphatic heterocycles. The van der Waals surface area contributed by atoms with Crippen molar-refractivity contribution in [1.29, 1.82) is 0 Å². The van der Waals surface area contributed by atoms with E-state index < -0.39 is 0 Å². The van der Waals surface area contributed by atoms with Crippen LogP contribution in [0.15, 0.2) is 47.3 Å². The number of nitrogens with one attached hydrogen (secondary N) is 2. The van der Waals surface area contributed by atoms with Crippen LogP contribution in [-0.2, 0) is 6.42 Å². The molecule has 0 aliphatic carbocycles. The molecule has 24 heavy (non-hydrogen) atoms. The number of aromatic nitrogens is 4. The molecule has 0 fully saturated rings. The summed E-state index contributed by atoms with van der Waals surface area (Å²) in [6, 6.07) is 13.7. The summed E-state index contributed by atoms with van der Waals surface area (Å²) in [7, 11) is 0. The lowest BCUT2D eigenvalue weighted by atomic mass is 10.1. The van der Waals surface area contributed by atoms with E-state index in [4.69, 9.17) is 0 Å². The number of anilines is 1. The topological polar surface area (TPSA) is 75.6 Å². The summed E-state index contributed by atoms with van der Waals surface area (Å²) in [5.74, 6) is 1.22. The number of rotatable bonds is 5. The number of nitrogens with zero attached hydrogens (tertiary/aromatic N) is 3. The monoisotopic (exact) mass is 323 g/mol. The van der Waals surface area contributed by atoms with Gasteiger partial charge in [0.15, 0.2) is 0 Å². The van der Waals surface area contributed by atoms with Gasteiger partial charge >= 0.3 is 0 Å². The molecule has 2 N–H and O–H groups in total. The normalized spacial score (nSPS) is 12.1. The van der Waals surface area contributed by atoms with Gasteiger partial charge in [-0.3, -0.25) is 9.78 Å². The summed E-state index contributed by atoms with van der Waals surface area (Å²) < 4.78 is 1.65. The van der Waals surface area contributed by atoms with Crippen LogP contribution < -0.4 is 10.9 Å². The number of hydrogen-bond donors (Lipinski definition) is 2. The van der Waals surface area contributed by atoms with Crippen molar-refractivity contribution in [3.63, 3.8) is 0 Å². The molecule has 6 heteroatoms. The average Bonchev–Trinajstić information content (AvgIpc) is 2.95. The van der Waals surface area contributed by atoms with Gasteiger partial charge in [0.25, 0.3) is 5.56 Å². The van der Waals surface area contributed by atoms with Gasteiger partial charge in [0.1, 0.15) is 5.82 Å². The number of aromatic amines is 1. The first kappa shape index (κ1) is 16.0. The highest BCUT2D eigenvalue weighted by atomic mass is 16.1. The maximum atomic E-state index is 11.8. The van der Waals surface area contributed by atoms with E-state index in [2.05, 4.69) is 39.4 Å². The van der Waals surface area contributed by atoms with Crippen LogP contribution in [0.5, 0.6) is 0 Å². The Morgan fingerprint density at radius 3 is 2.71 bits per heavy atom. The van der Waals surface area contributed by atoms with Crippen molar-refractivity contribution in [3.8, 4) is 5.95 Å². The third-order valence-corrected chi connectivity index (χ3v) is 3.84. The van der Waals surface area contributed by atoms with Crippen LogP contribution in [0.2, 0.25) is 0 Å². The summed E-state index contributed by atoms with van der Waals surface area (Å²) in [5.41, 5.74) is 2.59. The van der Waals surface area contributed by atoms with Crippen molar-refractivity contribution in [1.82, 2.24) is 19.7 Å². The van der Waals surface area contributed by atoms with Gasteiger partial charge in [-0.25, -0.2) is 4.98 Å². The van der Waals surface area contributed by atoms with E-state index in [0.717, 1.165) is 17.2 Å². The molecule has 0 saturated carbocycles. The van der Waals surface area contributed by atoms with Crippen molar-refractivity contribution in [2.24, 2.45) is 0 Å². The summed E-state index contributed by atoms with van der Waals surface area (Å²) in [6.07, 6.45) is 0.695. The second-order valence-corrected chi connectivity index (χ2v) is 5.77. The SMILES string of the molecule is CCc1cc(=O)[nH]c(-n2nc(C)cc2N[C@H](C)c2ccccc2)n1. The molecule has 1 atom stereocenters. The first-order valence-electron chi connectivity index (χ1n) is 8.05. The van der Waals surface area contributed by atoms with Crippen LogP contribution in [0.3, 0.4) is 0 Å². The summed E-state index contributed by atoms with van der Waals surface area (Å²) in [5, 5.41) is 7.91. The van der Waals surface area contributed by atoms with E-state index in [1.165, 1.54) is 11.6 Å². The van der Waals surface area contributed by atoms with Crippen LogP contribution in [0.1, 0.15) is 36.8 Å². The maximum Gasteiger partial charge on any atom is 0.252 e. The van der Waals surface area contributed by atoms with Gasteiger partial charge in [-0.05, 0) is 25.8 Å². The zero-order valence-corrected chi connectivity index (χ0v) is 14.1. The Morgan fingerprint density at radius 1 is 1.25 bits per heavy atom. The lowest BCUT2D eigenvalue weighted by Crippen LogP contribution is -2.17. The molecule has 3 rings (SSSR count). The molecule has 0 spiro atoms. The largest absolute Gasteiger partial charge is 0.363 e. The molecule has 2 heterocycles. The van der Waals surface area contributed by atoms with E-state index in [1.807, 2.05) is 38.1 Å². The van der Waals surface area contributed by atoms with Gasteiger partial charge < -0.3 is 5.32 Å². The highest BCUT2D eigenvalue weighted by molar-refractivity contribution is 5.44. The van der Waals surface area contributed by atoms with E-state index >= 15 is 0 Å². The molecule has 0 aliphatic rings. The van der Waals surface area contributed by atoms with Gasteiger partial charge in [0, 0.05) is 23.9 Å². The van der Waals surface area contributed by atoms with E-state index in [0.29, 0.717) is 12.4 Å². The fourth-order valence-electron chi connectivity index (χ4n) is 2.59. The predicted octanol–water partition coefficient (Wildman–Crippen LogP) is 3.00. The predicted molar refractivity (Wildman–Crippen MR) is 94.6 cm³/mol. The fourth-order valence-corrected chi connectivity index (χ4v) is 2.59. The first-order chi connectivity index (χ1) is 11.6. The highest BCUT2D eigenvalue weighted by Gasteiger charge is 2.13. The first-order valence-corrected chi connectivity index (χ1v) is 8.05. The lowest BCUT2D eigenvalue weighted by Gasteiger charge is -2.16. The minimum Gasteiger partial charge on any atom is -0.363 e. The Labute approximate surface area is 140 Å². The van der Waals surface area contributed by atoms with E-state index in [9.17, 15) is 4.79 Å². The van der Waals surface area contributed by atoms with Crippen LogP contribution in [0.4, 0.5) is 5.82 Å². The average molecular weight is 323 g/mol. The third-order valence-electron chi connectivity index (χ3n) is 3.84. The minimum absolute atomic E-state index is 0.0992. The smallest absolute Gasteiger partial charge is 0.252 e. The van der Waals surface area contributed by atoms with Crippen LogP contribution in [0.25, 0.3) is 5.95 Å². The third kappa shape index (κ3) is 3.37. The fraction of sp³-hybridized carbons (Fsp3) is 0.278. The molecule has 2 aromatic heterocycles. The van der Waals surface area contributed by atoms with Gasteiger partial charge in [-0.1, -0.05) is 37.3 Å². The quantitative estimate of drug-likeness (QED) is 0.757. The van der Waals surface area contributed by atoms with Crippen LogP contribution >= 0.6 is 0 Å². The van der Waals surface area contributed by atoms with Crippen LogP contribution in [-0.4, -0.2) is 19.7 Å². The van der Waals surface area contributed by atoms with Crippen molar-refractivity contribution in [3.05, 3.63) is 69.8 Å². The van der Waals surface area contributed by atoms with Gasteiger partial charge in [-0.2, -0.15) is 9.78 Å². The minimum atomic E-state index is -0.174. The molecule has 0 radical (unpaired) electrons. The van der Waals surface area contributed by atoms with E-state index in [-0.39, 0.29) is 11.6 Å². The molecule has 124 valence electrons. The number of hydrogen-bond acceptors (Lipinski definition) is 4. The molecule has 0 bridgehead atoms. The second-order valence-electron chi connectivity index (χ2n) is 5.77. The van der Waals surface area contributed by atoms with Crippen molar-refractivity contribution in [2.75, 3.05) is 5.32 Å². The molecule has 0 saturated heterocycles. The standard InChI is InChI=1S/C18H21N5O/c1-4-15-11-17(24)21-18(20-15)23-16(10-12(2)22-23)19-13(3)14-8-6-5-7-9-14/h5-11,13,19H,4H2,1-3H3,(H,20,21,24)/t13-/m1/s1. The van der Waals surface area contributed by atoms with Gasteiger partial charge in [-0.15, -0.1) is 0 Å². The van der Waals surface area contributed by atoms with Gasteiger partial charge in [0.2, 0.25) is 5.95 Å². The number of aryl methyl sites for hydroxylation is 2. The maximum absolute atomic E-state index is 11.8. The number of benzene rings is 1. The number of H-pyrrole nitrogens is 1. The summed E-state index contributed by atoms with van der Waals surface area (Å²) in [6.45, 7) is 5.97. The zero-order chi connectivity index (χ0) is 17.1. The van der Waals surface area contributed by atoms with Crippen molar-refractivity contribution in [2.45, 2.75) is 33.2 Å². The summed E-state index contributed by atoms with van der Waals surface area (Å²) in [4.78, 5) is 19.1. The molecule has 0 unspecified atom stereocenters. The Kier molecular flexibility index (Phi) is 4.46. The Balaban J connectivity index is 1.97. The molecule has 6 nitrogen and oxygen atoms in total. The Hall–Kier alpha value is -2.89. The summed E-state index contributed by atoms with van der Waals surface area (Å²) >= 11 is 0. The van der Waals surface area contributed by atoms with Gasteiger partial charge in [0.05, 0.1) is 5.69 Å². The molecule has 0 amide bonds. The second kappa shape index (κ2) is 6.70.